The van der Waals surface area contributed by atoms with Gasteiger partial charge in [0, 0.05) is 6.54 Å². The Morgan fingerprint density at radius 2 is 2.04 bits per heavy atom. The number of para-hydroxylation sites is 1. The molecule has 1 N–H and O–H groups in total. The van der Waals surface area contributed by atoms with Gasteiger partial charge in [-0.25, -0.2) is 4.39 Å². The SMILES string of the molecule is CN(C)C(CNC(=O)COc1ccccc1C#N)c1cccc(F)c1. The number of hydrogen-bond donors (Lipinski definition) is 1. The maximum Gasteiger partial charge on any atom is 0.258 e. The summed E-state index contributed by atoms with van der Waals surface area (Å²) in [5.41, 5.74) is 1.15. The lowest BCUT2D eigenvalue weighted by molar-refractivity contribution is -0.123. The zero-order valence-electron chi connectivity index (χ0n) is 14.2. The van der Waals surface area contributed by atoms with Crippen molar-refractivity contribution < 1.29 is 13.9 Å². The summed E-state index contributed by atoms with van der Waals surface area (Å²) in [5, 5.41) is 11.8. The van der Waals surface area contributed by atoms with Gasteiger partial charge in [-0.3, -0.25) is 4.79 Å². The van der Waals surface area contributed by atoms with E-state index >= 15 is 0 Å². The molecule has 5 nitrogen and oxygen atoms in total. The second kappa shape index (κ2) is 8.81. The molecule has 0 saturated heterocycles. The molecule has 1 atom stereocenters. The van der Waals surface area contributed by atoms with Crippen molar-refractivity contribution in [3.8, 4) is 11.8 Å². The van der Waals surface area contributed by atoms with Crippen molar-refractivity contribution in [1.29, 1.82) is 5.26 Å². The van der Waals surface area contributed by atoms with Crippen LogP contribution < -0.4 is 10.1 Å². The van der Waals surface area contributed by atoms with E-state index in [0.29, 0.717) is 17.9 Å². The molecular formula is C19H20FN3O2. The molecule has 0 spiro atoms. The maximum absolute atomic E-state index is 13.4. The van der Waals surface area contributed by atoms with Crippen LogP contribution >= 0.6 is 0 Å². The topological polar surface area (TPSA) is 65.4 Å². The van der Waals surface area contributed by atoms with Crippen molar-refractivity contribution in [2.45, 2.75) is 6.04 Å². The minimum absolute atomic E-state index is 0.161. The van der Waals surface area contributed by atoms with Gasteiger partial charge < -0.3 is 15.0 Å². The molecule has 0 radical (unpaired) electrons. The fraction of sp³-hybridized carbons (Fsp3) is 0.263. The van der Waals surface area contributed by atoms with Gasteiger partial charge in [-0.05, 0) is 43.9 Å². The number of nitrogens with one attached hydrogen (secondary N) is 1. The zero-order chi connectivity index (χ0) is 18.2. The van der Waals surface area contributed by atoms with Crippen LogP contribution in [0.1, 0.15) is 17.2 Å². The van der Waals surface area contributed by atoms with Gasteiger partial charge in [-0.1, -0.05) is 24.3 Å². The second-order valence-electron chi connectivity index (χ2n) is 5.74. The molecule has 2 aromatic carbocycles. The highest BCUT2D eigenvalue weighted by atomic mass is 19.1. The van der Waals surface area contributed by atoms with Gasteiger partial charge >= 0.3 is 0 Å². The number of carbonyl (C=O) groups is 1. The van der Waals surface area contributed by atoms with E-state index in [9.17, 15) is 9.18 Å². The molecule has 0 aromatic heterocycles. The summed E-state index contributed by atoms with van der Waals surface area (Å²) in [6, 6.07) is 14.9. The summed E-state index contributed by atoms with van der Waals surface area (Å²) in [5.74, 6) is -0.252. The van der Waals surface area contributed by atoms with Crippen molar-refractivity contribution in [3.63, 3.8) is 0 Å². The van der Waals surface area contributed by atoms with Gasteiger partial charge in [-0.2, -0.15) is 5.26 Å². The molecular weight excluding hydrogens is 321 g/mol. The van der Waals surface area contributed by atoms with Crippen LogP contribution in [0.4, 0.5) is 4.39 Å². The number of likely N-dealkylation sites (N-methyl/N-ethyl adjacent to an activating group) is 1. The van der Waals surface area contributed by atoms with Crippen molar-refractivity contribution in [1.82, 2.24) is 10.2 Å². The molecule has 6 heteroatoms. The van der Waals surface area contributed by atoms with Gasteiger partial charge in [0.25, 0.3) is 5.91 Å². The van der Waals surface area contributed by atoms with Crippen LogP contribution in [0.2, 0.25) is 0 Å². The Morgan fingerprint density at radius 3 is 2.72 bits per heavy atom. The number of ether oxygens (including phenoxy) is 1. The molecule has 25 heavy (non-hydrogen) atoms. The average molecular weight is 341 g/mol. The van der Waals surface area contributed by atoms with Crippen LogP contribution in [0.5, 0.6) is 5.75 Å². The highest BCUT2D eigenvalue weighted by Crippen LogP contribution is 2.18. The maximum atomic E-state index is 13.4. The Labute approximate surface area is 146 Å². The summed E-state index contributed by atoms with van der Waals surface area (Å²) >= 11 is 0. The first-order chi connectivity index (χ1) is 12.0. The quantitative estimate of drug-likeness (QED) is 0.840. The molecule has 0 aliphatic carbocycles. The number of nitrogens with zero attached hydrogens (tertiary/aromatic N) is 2. The molecule has 0 aliphatic heterocycles. The van der Waals surface area contributed by atoms with E-state index in [2.05, 4.69) is 5.32 Å². The minimum atomic E-state index is -0.313. The number of halogens is 1. The number of carbonyl (C=O) groups excluding carboxylic acids is 1. The number of hydrogen-bond acceptors (Lipinski definition) is 4. The molecule has 1 amide bonds. The lowest BCUT2D eigenvalue weighted by atomic mass is 10.1. The van der Waals surface area contributed by atoms with Crippen LogP contribution in [0.3, 0.4) is 0 Å². The molecule has 0 saturated carbocycles. The van der Waals surface area contributed by atoms with Crippen LogP contribution in [0.15, 0.2) is 48.5 Å². The number of nitriles is 1. The van der Waals surface area contributed by atoms with Gasteiger partial charge in [0.1, 0.15) is 17.6 Å². The number of amides is 1. The largest absolute Gasteiger partial charge is 0.482 e. The highest BCUT2D eigenvalue weighted by molar-refractivity contribution is 5.77. The van der Waals surface area contributed by atoms with E-state index in [1.54, 1.807) is 30.3 Å². The molecule has 0 fully saturated rings. The fourth-order valence-electron chi connectivity index (χ4n) is 2.40. The van der Waals surface area contributed by atoms with Crippen LogP contribution in [-0.2, 0) is 4.79 Å². The van der Waals surface area contributed by atoms with Crippen LogP contribution in [0, 0.1) is 17.1 Å². The van der Waals surface area contributed by atoms with Crippen molar-refractivity contribution >= 4 is 5.91 Å². The molecule has 1 unspecified atom stereocenters. The lowest BCUT2D eigenvalue weighted by Gasteiger charge is -2.25. The first-order valence-electron chi connectivity index (χ1n) is 7.81. The highest BCUT2D eigenvalue weighted by Gasteiger charge is 2.16. The van der Waals surface area contributed by atoms with E-state index < -0.39 is 0 Å². The minimum Gasteiger partial charge on any atom is -0.482 e. The third kappa shape index (κ3) is 5.30. The van der Waals surface area contributed by atoms with Gasteiger partial charge in [-0.15, -0.1) is 0 Å². The summed E-state index contributed by atoms with van der Waals surface area (Å²) in [4.78, 5) is 13.9. The lowest BCUT2D eigenvalue weighted by Crippen LogP contribution is -2.37. The van der Waals surface area contributed by atoms with Crippen LogP contribution in [0.25, 0.3) is 0 Å². The number of benzene rings is 2. The smallest absolute Gasteiger partial charge is 0.258 e. The first kappa shape index (κ1) is 18.4. The van der Waals surface area contributed by atoms with E-state index in [1.807, 2.05) is 31.1 Å². The van der Waals surface area contributed by atoms with Gasteiger partial charge in [0.15, 0.2) is 6.61 Å². The summed E-state index contributed by atoms with van der Waals surface area (Å²) in [6.07, 6.45) is 0. The standard InChI is InChI=1S/C19H20FN3O2/c1-23(2)17(14-7-5-8-16(20)10-14)12-22-19(24)13-25-18-9-4-3-6-15(18)11-21/h3-10,17H,12-13H2,1-2H3,(H,22,24). The van der Waals surface area contributed by atoms with Crippen LogP contribution in [-0.4, -0.2) is 38.1 Å². The van der Waals surface area contributed by atoms with Gasteiger partial charge in [0.2, 0.25) is 0 Å². The Morgan fingerprint density at radius 1 is 1.28 bits per heavy atom. The van der Waals surface area contributed by atoms with Crippen molar-refractivity contribution in [2.75, 3.05) is 27.2 Å². The fourth-order valence-corrected chi connectivity index (χ4v) is 2.40. The van der Waals surface area contributed by atoms with E-state index in [1.165, 1.54) is 12.1 Å². The van der Waals surface area contributed by atoms with Crippen molar-refractivity contribution in [3.05, 3.63) is 65.5 Å². The Bertz CT molecular complexity index is 771. The normalized spacial score (nSPS) is 11.6. The number of rotatable bonds is 7. The van der Waals surface area contributed by atoms with E-state index in [0.717, 1.165) is 5.56 Å². The van der Waals surface area contributed by atoms with E-state index in [4.69, 9.17) is 10.00 Å². The summed E-state index contributed by atoms with van der Waals surface area (Å²) < 4.78 is 18.8. The molecule has 0 bridgehead atoms. The predicted molar refractivity (Wildman–Crippen MR) is 92.5 cm³/mol. The molecule has 0 heterocycles. The molecule has 130 valence electrons. The monoisotopic (exact) mass is 341 g/mol. The molecule has 0 aliphatic rings. The van der Waals surface area contributed by atoms with E-state index in [-0.39, 0.29) is 24.4 Å². The first-order valence-corrected chi connectivity index (χ1v) is 7.81. The Kier molecular flexibility index (Phi) is 6.49. The third-order valence-electron chi connectivity index (χ3n) is 3.72. The summed E-state index contributed by atoms with van der Waals surface area (Å²) in [6.45, 7) is 0.126. The average Bonchev–Trinajstić information content (AvgIpc) is 2.60. The zero-order valence-corrected chi connectivity index (χ0v) is 14.2. The predicted octanol–water partition coefficient (Wildman–Crippen LogP) is 2.50. The summed E-state index contributed by atoms with van der Waals surface area (Å²) in [7, 11) is 3.72. The Balaban J connectivity index is 1.92. The molecule has 2 rings (SSSR count). The van der Waals surface area contributed by atoms with Gasteiger partial charge in [0.05, 0.1) is 11.6 Å². The Hall–Kier alpha value is -2.91. The second-order valence-corrected chi connectivity index (χ2v) is 5.74. The van der Waals surface area contributed by atoms with Crippen molar-refractivity contribution in [2.24, 2.45) is 0 Å². The molecule has 2 aromatic rings. The third-order valence-corrected chi connectivity index (χ3v) is 3.72.